The Hall–Kier alpha value is -2.48. The van der Waals surface area contributed by atoms with Gasteiger partial charge < -0.3 is 5.11 Å². The summed E-state index contributed by atoms with van der Waals surface area (Å²) in [6.45, 7) is 5.11. The molecule has 1 N–H and O–H groups in total. The summed E-state index contributed by atoms with van der Waals surface area (Å²) >= 11 is 0. The van der Waals surface area contributed by atoms with Crippen LogP contribution in [0.2, 0.25) is 0 Å². The lowest BCUT2D eigenvalue weighted by Crippen LogP contribution is -2.29. The number of halogens is 1. The quantitative estimate of drug-likeness (QED) is 0.797. The minimum absolute atomic E-state index is 0.281. The lowest BCUT2D eigenvalue weighted by atomic mass is 10.1. The van der Waals surface area contributed by atoms with E-state index < -0.39 is 11.9 Å². The maximum absolute atomic E-state index is 13.8. The maximum Gasteiger partial charge on any atom is 0.129 e. The number of hydrogen-bond donors (Lipinski definition) is 1. The Morgan fingerprint density at radius 3 is 2.74 bits per heavy atom. The van der Waals surface area contributed by atoms with Crippen molar-refractivity contribution in [3.05, 3.63) is 83.7 Å². The van der Waals surface area contributed by atoms with Crippen LogP contribution in [0.15, 0.2) is 61.2 Å². The van der Waals surface area contributed by atoms with Crippen LogP contribution in [0.1, 0.15) is 22.8 Å². The first-order chi connectivity index (χ1) is 11.1. The van der Waals surface area contributed by atoms with Crippen molar-refractivity contribution in [2.24, 2.45) is 0 Å². The summed E-state index contributed by atoms with van der Waals surface area (Å²) in [5, 5.41) is 19.3. The monoisotopic (exact) mass is 310 g/mol. The zero-order valence-corrected chi connectivity index (χ0v) is 12.8. The Bertz CT molecular complexity index is 709. The van der Waals surface area contributed by atoms with Gasteiger partial charge in [0.15, 0.2) is 0 Å². The van der Waals surface area contributed by atoms with E-state index in [0.29, 0.717) is 18.7 Å². The third kappa shape index (κ3) is 4.75. The smallest absolute Gasteiger partial charge is 0.129 e. The predicted molar refractivity (Wildman–Crippen MR) is 88.0 cm³/mol. The van der Waals surface area contributed by atoms with Crippen molar-refractivity contribution in [2.75, 3.05) is 13.1 Å². The first kappa shape index (κ1) is 16.9. The maximum atomic E-state index is 13.8. The van der Waals surface area contributed by atoms with Crippen molar-refractivity contribution in [2.45, 2.75) is 12.6 Å². The fraction of sp³-hybridized carbons (Fsp3) is 0.211. The largest absolute Gasteiger partial charge is 0.387 e. The topological polar surface area (TPSA) is 47.3 Å². The molecule has 3 nitrogen and oxygen atoms in total. The molecule has 0 saturated heterocycles. The molecule has 0 aliphatic carbocycles. The lowest BCUT2D eigenvalue weighted by Gasteiger charge is -2.24. The van der Waals surface area contributed by atoms with Gasteiger partial charge in [-0.15, -0.1) is 6.58 Å². The summed E-state index contributed by atoms with van der Waals surface area (Å²) in [7, 11) is 0. The second-order valence-corrected chi connectivity index (χ2v) is 5.33. The highest BCUT2D eigenvalue weighted by atomic mass is 19.1. The third-order valence-electron chi connectivity index (χ3n) is 3.54. The molecular weight excluding hydrogens is 291 g/mol. The molecule has 4 heteroatoms. The van der Waals surface area contributed by atoms with E-state index in [1.54, 1.807) is 30.3 Å². The molecule has 1 unspecified atom stereocenters. The highest BCUT2D eigenvalue weighted by Gasteiger charge is 2.16. The number of nitriles is 1. The van der Waals surface area contributed by atoms with Crippen molar-refractivity contribution >= 4 is 0 Å². The summed E-state index contributed by atoms with van der Waals surface area (Å²) in [4.78, 5) is 1.96. The molecule has 0 radical (unpaired) electrons. The van der Waals surface area contributed by atoms with Crippen molar-refractivity contribution in [3.8, 4) is 6.07 Å². The molecule has 0 bridgehead atoms. The molecule has 2 rings (SSSR count). The van der Waals surface area contributed by atoms with Gasteiger partial charge in [0.25, 0.3) is 0 Å². The Balaban J connectivity index is 2.10. The van der Waals surface area contributed by atoms with Crippen LogP contribution < -0.4 is 0 Å². The van der Waals surface area contributed by atoms with Gasteiger partial charge in [-0.2, -0.15) is 5.26 Å². The van der Waals surface area contributed by atoms with Crippen molar-refractivity contribution in [3.63, 3.8) is 0 Å². The van der Waals surface area contributed by atoms with Crippen molar-refractivity contribution < 1.29 is 9.50 Å². The second kappa shape index (κ2) is 8.23. The minimum atomic E-state index is -0.921. The van der Waals surface area contributed by atoms with Crippen molar-refractivity contribution in [1.82, 2.24) is 4.90 Å². The average Bonchev–Trinajstić information content (AvgIpc) is 2.55. The number of nitrogens with zero attached hydrogens (tertiary/aromatic N) is 2. The molecule has 1 atom stereocenters. The van der Waals surface area contributed by atoms with E-state index in [1.165, 1.54) is 6.07 Å². The molecule has 23 heavy (non-hydrogen) atoms. The average molecular weight is 310 g/mol. The molecule has 0 aliphatic heterocycles. The molecule has 0 spiro atoms. The summed E-state index contributed by atoms with van der Waals surface area (Å²) in [6, 6.07) is 15.6. The Labute approximate surface area is 135 Å². The first-order valence-electron chi connectivity index (χ1n) is 7.39. The summed E-state index contributed by atoms with van der Waals surface area (Å²) in [5.74, 6) is -0.412. The highest BCUT2D eigenvalue weighted by Crippen LogP contribution is 2.19. The number of aliphatic hydroxyl groups excluding tert-OH is 1. The van der Waals surface area contributed by atoms with E-state index in [2.05, 4.69) is 12.6 Å². The highest BCUT2D eigenvalue weighted by molar-refractivity contribution is 5.32. The van der Waals surface area contributed by atoms with E-state index in [9.17, 15) is 9.50 Å². The molecule has 0 saturated carbocycles. The van der Waals surface area contributed by atoms with Crippen molar-refractivity contribution in [1.29, 1.82) is 5.26 Å². The van der Waals surface area contributed by atoms with E-state index in [-0.39, 0.29) is 12.1 Å². The van der Waals surface area contributed by atoms with Gasteiger partial charge >= 0.3 is 0 Å². The Morgan fingerprint density at radius 1 is 1.26 bits per heavy atom. The molecule has 2 aromatic carbocycles. The number of hydrogen-bond acceptors (Lipinski definition) is 3. The van der Waals surface area contributed by atoms with Gasteiger partial charge in [0.1, 0.15) is 5.82 Å². The van der Waals surface area contributed by atoms with Gasteiger partial charge in [-0.3, -0.25) is 4.90 Å². The van der Waals surface area contributed by atoms with E-state index in [4.69, 9.17) is 5.26 Å². The molecule has 2 aromatic rings. The molecule has 0 heterocycles. The summed E-state index contributed by atoms with van der Waals surface area (Å²) in [5.41, 5.74) is 1.84. The molecule has 0 fully saturated rings. The summed E-state index contributed by atoms with van der Waals surface area (Å²) < 4.78 is 13.8. The molecule has 0 aromatic heterocycles. The van der Waals surface area contributed by atoms with Crippen LogP contribution in [0.3, 0.4) is 0 Å². The van der Waals surface area contributed by atoms with E-state index in [0.717, 1.165) is 5.56 Å². The first-order valence-corrected chi connectivity index (χ1v) is 7.39. The fourth-order valence-electron chi connectivity index (χ4n) is 2.47. The molecule has 0 aliphatic rings. The minimum Gasteiger partial charge on any atom is -0.387 e. The second-order valence-electron chi connectivity index (χ2n) is 5.33. The van der Waals surface area contributed by atoms with Gasteiger partial charge in [0.05, 0.1) is 17.7 Å². The van der Waals surface area contributed by atoms with Crippen LogP contribution in [0.5, 0.6) is 0 Å². The van der Waals surface area contributed by atoms with E-state index in [1.807, 2.05) is 23.1 Å². The third-order valence-corrected chi connectivity index (χ3v) is 3.54. The lowest BCUT2D eigenvalue weighted by molar-refractivity contribution is 0.113. The van der Waals surface area contributed by atoms with Crippen LogP contribution in [-0.2, 0) is 6.54 Å². The predicted octanol–water partition coefficient (Wildman–Crippen LogP) is 3.42. The zero-order chi connectivity index (χ0) is 16.7. The molecule has 0 amide bonds. The normalized spacial score (nSPS) is 11.9. The Morgan fingerprint density at radius 2 is 2.04 bits per heavy atom. The van der Waals surface area contributed by atoms with Crippen LogP contribution in [-0.4, -0.2) is 23.1 Å². The SMILES string of the molecule is C=CCN(Cc1cccc(C#N)c1)CC(O)c1ccccc1F. The molecular formula is C19H19FN2O. The number of aliphatic hydroxyl groups is 1. The number of rotatable bonds is 7. The Kier molecular flexibility index (Phi) is 6.04. The van der Waals surface area contributed by atoms with Gasteiger partial charge in [-0.1, -0.05) is 36.4 Å². The standard InChI is InChI=1S/C19H19FN2O/c1-2-10-22(13-16-7-5-6-15(11-16)12-21)14-19(23)17-8-3-4-9-18(17)20/h2-9,11,19,23H,1,10,13-14H2. The van der Waals surface area contributed by atoms with Crippen LogP contribution in [0.25, 0.3) is 0 Å². The zero-order valence-electron chi connectivity index (χ0n) is 12.8. The van der Waals surface area contributed by atoms with Crippen LogP contribution in [0, 0.1) is 17.1 Å². The van der Waals surface area contributed by atoms with Gasteiger partial charge in [-0.25, -0.2) is 4.39 Å². The van der Waals surface area contributed by atoms with E-state index >= 15 is 0 Å². The van der Waals surface area contributed by atoms with Gasteiger partial charge in [0, 0.05) is 25.2 Å². The number of benzene rings is 2. The fourth-order valence-corrected chi connectivity index (χ4v) is 2.47. The van der Waals surface area contributed by atoms with Gasteiger partial charge in [-0.05, 0) is 23.8 Å². The van der Waals surface area contributed by atoms with Gasteiger partial charge in [0.2, 0.25) is 0 Å². The van der Waals surface area contributed by atoms with Crippen LogP contribution in [0.4, 0.5) is 4.39 Å². The summed E-state index contributed by atoms with van der Waals surface area (Å²) in [6.07, 6.45) is 0.817. The van der Waals surface area contributed by atoms with Crippen LogP contribution >= 0.6 is 0 Å². The molecule has 118 valence electrons.